The Hall–Kier alpha value is -1.79. The molecule has 3 rings (SSSR count). The van der Waals surface area contributed by atoms with Crippen molar-refractivity contribution in [1.82, 2.24) is 9.88 Å². The zero-order valence-electron chi connectivity index (χ0n) is 14.5. The molecule has 1 amide bonds. The maximum atomic E-state index is 13.4. The number of carbonyl (C=O) groups excluding carboxylic acids is 1. The normalized spacial score (nSPS) is 22.8. The fraction of sp³-hybridized carbons (Fsp3) is 0.667. The predicted octanol–water partition coefficient (Wildman–Crippen LogP) is 4.06. The summed E-state index contributed by atoms with van der Waals surface area (Å²) < 4.78 is 45.6. The highest BCUT2D eigenvalue weighted by Crippen LogP contribution is 2.56. The molecule has 2 fully saturated rings. The molecule has 0 aromatic carbocycles. The van der Waals surface area contributed by atoms with Crippen LogP contribution in [-0.2, 0) is 0 Å². The van der Waals surface area contributed by atoms with E-state index in [2.05, 4.69) is 4.98 Å². The van der Waals surface area contributed by atoms with Crippen molar-refractivity contribution in [3.63, 3.8) is 0 Å². The summed E-state index contributed by atoms with van der Waals surface area (Å²) in [6.07, 6.45) is 0.582. The van der Waals surface area contributed by atoms with E-state index >= 15 is 0 Å². The van der Waals surface area contributed by atoms with Gasteiger partial charge in [-0.05, 0) is 44.6 Å². The number of hydrogen-bond acceptors (Lipinski definition) is 3. The monoisotopic (exact) mass is 356 g/mol. The minimum atomic E-state index is -4.19. The highest BCUT2D eigenvalue weighted by Gasteiger charge is 2.58. The summed E-state index contributed by atoms with van der Waals surface area (Å²) in [6, 6.07) is 1.61. The summed E-state index contributed by atoms with van der Waals surface area (Å²) in [5.74, 6) is -1.08. The van der Waals surface area contributed by atoms with Crippen molar-refractivity contribution < 1.29 is 22.7 Å². The zero-order valence-corrected chi connectivity index (χ0v) is 14.5. The zero-order chi connectivity index (χ0) is 18.2. The van der Waals surface area contributed by atoms with E-state index in [0.717, 1.165) is 6.42 Å². The van der Waals surface area contributed by atoms with Crippen LogP contribution >= 0.6 is 0 Å². The van der Waals surface area contributed by atoms with Gasteiger partial charge in [-0.1, -0.05) is 6.42 Å². The van der Waals surface area contributed by atoms with Crippen LogP contribution in [0.4, 0.5) is 13.2 Å². The van der Waals surface area contributed by atoms with Gasteiger partial charge in [-0.15, -0.1) is 0 Å². The maximum Gasteiger partial charge on any atom is 0.392 e. The first-order valence-electron chi connectivity index (χ1n) is 8.69. The summed E-state index contributed by atoms with van der Waals surface area (Å²) in [4.78, 5) is 18.3. The Morgan fingerprint density at radius 2 is 2.08 bits per heavy atom. The number of alkyl halides is 3. The van der Waals surface area contributed by atoms with Gasteiger partial charge in [0.05, 0.1) is 23.8 Å². The van der Waals surface area contributed by atoms with Gasteiger partial charge in [0.2, 0.25) is 0 Å². The number of hydrogen-bond donors (Lipinski definition) is 0. The summed E-state index contributed by atoms with van der Waals surface area (Å²) >= 11 is 0. The quantitative estimate of drug-likeness (QED) is 0.820. The molecular formula is C18H23F3N2O2. The number of likely N-dealkylation sites (tertiary alicyclic amines) is 1. The molecule has 2 aliphatic rings. The van der Waals surface area contributed by atoms with Crippen molar-refractivity contribution in [1.29, 1.82) is 0 Å². The maximum absolute atomic E-state index is 13.4. The van der Waals surface area contributed by atoms with E-state index in [1.807, 2.05) is 13.8 Å². The van der Waals surface area contributed by atoms with Crippen LogP contribution in [0.3, 0.4) is 0 Å². The summed E-state index contributed by atoms with van der Waals surface area (Å²) in [5.41, 5.74) is -0.441. The second kappa shape index (κ2) is 6.50. The Morgan fingerprint density at radius 1 is 1.36 bits per heavy atom. The topological polar surface area (TPSA) is 42.4 Å². The first-order chi connectivity index (χ1) is 11.7. The number of amides is 1. The largest absolute Gasteiger partial charge is 0.489 e. The van der Waals surface area contributed by atoms with Crippen LogP contribution < -0.4 is 4.74 Å². The molecule has 1 unspecified atom stereocenters. The van der Waals surface area contributed by atoms with Crippen LogP contribution in [0.25, 0.3) is 0 Å². The number of carbonyl (C=O) groups is 1. The fourth-order valence-electron chi connectivity index (χ4n) is 4.04. The molecule has 1 aliphatic heterocycles. The standard InChI is InChI=1S/C18H23F3N2O2/c1-12(2)25-14-8-13(9-22-10-14)16(24)23-7-4-15(18(19,20)21)17(11-23)5-3-6-17/h8-10,12,15H,3-7,11H2,1-2H3. The van der Waals surface area contributed by atoms with E-state index in [-0.39, 0.29) is 31.5 Å². The van der Waals surface area contributed by atoms with Crippen molar-refractivity contribution in [2.45, 2.75) is 51.8 Å². The third kappa shape index (κ3) is 3.60. The molecule has 1 aromatic rings. The molecule has 2 heterocycles. The van der Waals surface area contributed by atoms with E-state index in [0.29, 0.717) is 24.2 Å². The Morgan fingerprint density at radius 3 is 2.64 bits per heavy atom. The molecule has 138 valence electrons. The molecule has 25 heavy (non-hydrogen) atoms. The third-order valence-electron chi connectivity index (χ3n) is 5.30. The lowest BCUT2D eigenvalue weighted by molar-refractivity contribution is -0.235. The molecule has 7 heteroatoms. The molecule has 1 aromatic heterocycles. The summed E-state index contributed by atoms with van der Waals surface area (Å²) in [5, 5.41) is 0. The minimum absolute atomic E-state index is 0.0230. The van der Waals surface area contributed by atoms with Crippen LogP contribution in [0.1, 0.15) is 49.9 Å². The lowest BCUT2D eigenvalue weighted by Crippen LogP contribution is -2.57. The molecule has 1 saturated carbocycles. The molecule has 0 radical (unpaired) electrons. The molecule has 1 atom stereocenters. The third-order valence-corrected chi connectivity index (χ3v) is 5.30. The van der Waals surface area contributed by atoms with Crippen LogP contribution in [0.15, 0.2) is 18.5 Å². The second-order valence-corrected chi connectivity index (χ2v) is 7.40. The van der Waals surface area contributed by atoms with Crippen molar-refractivity contribution in [2.75, 3.05) is 13.1 Å². The van der Waals surface area contributed by atoms with Gasteiger partial charge in [0.15, 0.2) is 0 Å². The minimum Gasteiger partial charge on any atom is -0.489 e. The van der Waals surface area contributed by atoms with Crippen molar-refractivity contribution >= 4 is 5.91 Å². The van der Waals surface area contributed by atoms with E-state index in [9.17, 15) is 18.0 Å². The van der Waals surface area contributed by atoms with Crippen molar-refractivity contribution in [3.8, 4) is 5.75 Å². The molecular weight excluding hydrogens is 333 g/mol. The van der Waals surface area contributed by atoms with Gasteiger partial charge in [-0.2, -0.15) is 13.2 Å². The van der Waals surface area contributed by atoms with E-state index < -0.39 is 17.5 Å². The Labute approximate surface area is 145 Å². The number of ether oxygens (including phenoxy) is 1. The van der Waals surface area contributed by atoms with Gasteiger partial charge in [-0.25, -0.2) is 0 Å². The number of piperidine rings is 1. The van der Waals surface area contributed by atoms with E-state index in [4.69, 9.17) is 4.74 Å². The van der Waals surface area contributed by atoms with Gasteiger partial charge in [-0.3, -0.25) is 9.78 Å². The number of rotatable bonds is 3. The SMILES string of the molecule is CC(C)Oc1cncc(C(=O)N2CCC(C(F)(F)F)C3(CCC3)C2)c1. The lowest BCUT2D eigenvalue weighted by atomic mass is 9.58. The molecule has 0 bridgehead atoms. The number of aromatic nitrogens is 1. The highest BCUT2D eigenvalue weighted by atomic mass is 19.4. The van der Waals surface area contributed by atoms with Crippen LogP contribution in [0.2, 0.25) is 0 Å². The molecule has 1 saturated heterocycles. The van der Waals surface area contributed by atoms with Gasteiger partial charge < -0.3 is 9.64 Å². The van der Waals surface area contributed by atoms with Crippen molar-refractivity contribution in [2.24, 2.45) is 11.3 Å². The van der Waals surface area contributed by atoms with Crippen molar-refractivity contribution in [3.05, 3.63) is 24.0 Å². The molecule has 4 nitrogen and oxygen atoms in total. The fourth-order valence-corrected chi connectivity index (χ4v) is 4.04. The smallest absolute Gasteiger partial charge is 0.392 e. The Balaban J connectivity index is 1.76. The van der Waals surface area contributed by atoms with Crippen LogP contribution in [0, 0.1) is 11.3 Å². The highest BCUT2D eigenvalue weighted by molar-refractivity contribution is 5.94. The van der Waals surface area contributed by atoms with E-state index in [1.54, 1.807) is 11.0 Å². The Bertz CT molecular complexity index is 641. The van der Waals surface area contributed by atoms with Gasteiger partial charge in [0.25, 0.3) is 5.91 Å². The summed E-state index contributed by atoms with van der Waals surface area (Å²) in [7, 11) is 0. The first kappa shape index (κ1) is 18.0. The second-order valence-electron chi connectivity index (χ2n) is 7.40. The van der Waals surface area contributed by atoms with Gasteiger partial charge >= 0.3 is 6.18 Å². The lowest BCUT2D eigenvalue weighted by Gasteiger charge is -2.54. The first-order valence-corrected chi connectivity index (χ1v) is 8.69. The predicted molar refractivity (Wildman–Crippen MR) is 86.4 cm³/mol. The average Bonchev–Trinajstić information content (AvgIpc) is 2.50. The number of nitrogens with zero attached hydrogens (tertiary/aromatic N) is 2. The van der Waals surface area contributed by atoms with Crippen LogP contribution in [-0.4, -0.2) is 41.2 Å². The van der Waals surface area contributed by atoms with Crippen LogP contribution in [0.5, 0.6) is 5.75 Å². The number of halogens is 3. The molecule has 1 aliphatic carbocycles. The van der Waals surface area contributed by atoms with Gasteiger partial charge in [0, 0.05) is 19.3 Å². The number of pyridine rings is 1. The Kier molecular flexibility index (Phi) is 4.68. The van der Waals surface area contributed by atoms with E-state index in [1.165, 1.54) is 12.4 Å². The molecule has 0 N–H and O–H groups in total. The average molecular weight is 356 g/mol. The summed E-state index contributed by atoms with van der Waals surface area (Å²) in [6.45, 7) is 4.04. The van der Waals surface area contributed by atoms with Gasteiger partial charge in [0.1, 0.15) is 5.75 Å². The molecule has 1 spiro atoms.